The molecule has 0 atom stereocenters. The van der Waals surface area contributed by atoms with Crippen molar-refractivity contribution in [1.29, 1.82) is 0 Å². The third-order valence-corrected chi connectivity index (χ3v) is 2.61. The third-order valence-electron chi connectivity index (χ3n) is 2.61. The van der Waals surface area contributed by atoms with E-state index in [-0.39, 0.29) is 11.6 Å². The maximum Gasteiger partial charge on any atom is 0.277 e. The lowest BCUT2D eigenvalue weighted by atomic mass is 10.2. The molecular formula is C13H10N6O. The molecule has 0 aliphatic rings. The Hall–Kier alpha value is -3.09. The molecule has 3 heterocycles. The monoisotopic (exact) mass is 266 g/mol. The summed E-state index contributed by atoms with van der Waals surface area (Å²) in [6.07, 6.45) is 7.74. The van der Waals surface area contributed by atoms with Gasteiger partial charge in [-0.3, -0.25) is 19.9 Å². The lowest BCUT2D eigenvalue weighted by molar-refractivity contribution is 0.102. The minimum atomic E-state index is -0.356. The molecule has 7 heteroatoms. The van der Waals surface area contributed by atoms with E-state index in [0.29, 0.717) is 5.82 Å². The smallest absolute Gasteiger partial charge is 0.277 e. The number of nitrogens with zero attached hydrogens (tertiary/aromatic N) is 4. The molecule has 7 nitrogen and oxygen atoms in total. The van der Waals surface area contributed by atoms with Crippen LogP contribution in [0.3, 0.4) is 0 Å². The van der Waals surface area contributed by atoms with Crippen molar-refractivity contribution in [2.24, 2.45) is 0 Å². The number of carbonyl (C=O) groups is 1. The molecule has 0 saturated heterocycles. The van der Waals surface area contributed by atoms with Gasteiger partial charge in [0.1, 0.15) is 5.69 Å². The number of rotatable bonds is 3. The van der Waals surface area contributed by atoms with E-state index >= 15 is 0 Å². The van der Waals surface area contributed by atoms with Crippen LogP contribution >= 0.6 is 0 Å². The normalized spacial score (nSPS) is 10.2. The number of amides is 1. The first-order chi connectivity index (χ1) is 9.83. The molecule has 0 saturated carbocycles. The van der Waals surface area contributed by atoms with Gasteiger partial charge in [0.05, 0.1) is 11.9 Å². The van der Waals surface area contributed by atoms with Gasteiger partial charge in [-0.2, -0.15) is 5.10 Å². The van der Waals surface area contributed by atoms with Crippen LogP contribution in [-0.2, 0) is 0 Å². The summed E-state index contributed by atoms with van der Waals surface area (Å²) in [5.41, 5.74) is 1.97. The van der Waals surface area contributed by atoms with E-state index in [2.05, 4.69) is 30.5 Å². The van der Waals surface area contributed by atoms with E-state index in [4.69, 9.17) is 0 Å². The zero-order valence-corrected chi connectivity index (χ0v) is 10.3. The van der Waals surface area contributed by atoms with Crippen LogP contribution in [0.4, 0.5) is 5.82 Å². The van der Waals surface area contributed by atoms with Gasteiger partial charge in [-0.1, -0.05) is 0 Å². The summed E-state index contributed by atoms with van der Waals surface area (Å²) in [7, 11) is 0. The molecule has 0 spiro atoms. The van der Waals surface area contributed by atoms with Crippen molar-refractivity contribution in [3.63, 3.8) is 0 Å². The lowest BCUT2D eigenvalue weighted by Crippen LogP contribution is -2.13. The molecule has 3 rings (SSSR count). The molecule has 0 aliphatic heterocycles. The number of nitrogens with one attached hydrogen (secondary N) is 2. The molecule has 98 valence electrons. The van der Waals surface area contributed by atoms with Crippen LogP contribution in [0, 0.1) is 0 Å². The number of anilines is 1. The average molecular weight is 266 g/mol. The molecule has 0 unspecified atom stereocenters. The van der Waals surface area contributed by atoms with Gasteiger partial charge >= 0.3 is 0 Å². The van der Waals surface area contributed by atoms with E-state index in [9.17, 15) is 4.79 Å². The van der Waals surface area contributed by atoms with Crippen LogP contribution in [0.5, 0.6) is 0 Å². The first-order valence-corrected chi connectivity index (χ1v) is 5.86. The van der Waals surface area contributed by atoms with Crippen molar-refractivity contribution in [3.8, 4) is 11.3 Å². The summed E-state index contributed by atoms with van der Waals surface area (Å²) < 4.78 is 0. The Bertz CT molecular complexity index is 710. The number of hydrogen-bond donors (Lipinski definition) is 2. The SMILES string of the molecule is O=C(Nc1cc(-c2ccncc2)[nH]n1)c1cnccn1. The fraction of sp³-hybridized carbons (Fsp3) is 0. The highest BCUT2D eigenvalue weighted by Gasteiger charge is 2.10. The molecule has 0 radical (unpaired) electrons. The Morgan fingerprint density at radius 3 is 2.70 bits per heavy atom. The molecule has 0 fully saturated rings. The fourth-order valence-electron chi connectivity index (χ4n) is 1.66. The number of hydrogen-bond acceptors (Lipinski definition) is 5. The highest BCUT2D eigenvalue weighted by molar-refractivity contribution is 6.02. The summed E-state index contributed by atoms with van der Waals surface area (Å²) in [6, 6.07) is 5.44. The van der Waals surface area contributed by atoms with Crippen LogP contribution in [-0.4, -0.2) is 31.1 Å². The largest absolute Gasteiger partial charge is 0.304 e. The van der Waals surface area contributed by atoms with Crippen molar-refractivity contribution >= 4 is 11.7 Å². The van der Waals surface area contributed by atoms with Gasteiger partial charge in [0, 0.05) is 36.4 Å². The maximum atomic E-state index is 11.9. The molecule has 0 bridgehead atoms. The number of aromatic amines is 1. The summed E-state index contributed by atoms with van der Waals surface area (Å²) in [4.78, 5) is 23.6. The summed E-state index contributed by atoms with van der Waals surface area (Å²) in [6.45, 7) is 0. The van der Waals surface area contributed by atoms with Gasteiger partial charge in [0.2, 0.25) is 0 Å². The quantitative estimate of drug-likeness (QED) is 0.749. The van der Waals surface area contributed by atoms with Crippen molar-refractivity contribution in [2.75, 3.05) is 5.32 Å². The Morgan fingerprint density at radius 2 is 1.95 bits per heavy atom. The predicted molar refractivity (Wildman–Crippen MR) is 71.8 cm³/mol. The second kappa shape index (κ2) is 5.27. The van der Waals surface area contributed by atoms with E-state index in [0.717, 1.165) is 11.3 Å². The van der Waals surface area contributed by atoms with Gasteiger partial charge in [0.15, 0.2) is 5.82 Å². The topological polar surface area (TPSA) is 96.5 Å². The lowest BCUT2D eigenvalue weighted by Gasteiger charge is -1.99. The molecule has 2 N–H and O–H groups in total. The first-order valence-electron chi connectivity index (χ1n) is 5.86. The number of carbonyl (C=O) groups excluding carboxylic acids is 1. The zero-order valence-electron chi connectivity index (χ0n) is 10.3. The van der Waals surface area contributed by atoms with Gasteiger partial charge in [-0.15, -0.1) is 0 Å². The van der Waals surface area contributed by atoms with Crippen molar-refractivity contribution in [2.45, 2.75) is 0 Å². The third kappa shape index (κ3) is 2.51. The van der Waals surface area contributed by atoms with Crippen molar-refractivity contribution in [3.05, 3.63) is 54.9 Å². The molecular weight excluding hydrogens is 256 g/mol. The molecule has 20 heavy (non-hydrogen) atoms. The van der Waals surface area contributed by atoms with Crippen LogP contribution in [0.1, 0.15) is 10.5 Å². The van der Waals surface area contributed by atoms with E-state index in [1.807, 2.05) is 12.1 Å². The van der Waals surface area contributed by atoms with E-state index < -0.39 is 0 Å². The Morgan fingerprint density at radius 1 is 1.10 bits per heavy atom. The summed E-state index contributed by atoms with van der Waals surface area (Å²) in [5.74, 6) is 0.0679. The van der Waals surface area contributed by atoms with Gasteiger partial charge in [-0.25, -0.2) is 4.98 Å². The Kier molecular flexibility index (Phi) is 3.15. The minimum absolute atomic E-state index is 0.237. The molecule has 1 amide bonds. The fourth-order valence-corrected chi connectivity index (χ4v) is 1.66. The number of aromatic nitrogens is 5. The summed E-state index contributed by atoms with van der Waals surface area (Å²) in [5, 5.41) is 9.53. The molecule has 3 aromatic rings. The number of H-pyrrole nitrogens is 1. The summed E-state index contributed by atoms with van der Waals surface area (Å²) >= 11 is 0. The second-order valence-corrected chi connectivity index (χ2v) is 3.95. The minimum Gasteiger partial charge on any atom is -0.304 e. The van der Waals surface area contributed by atoms with Gasteiger partial charge in [-0.05, 0) is 12.1 Å². The van der Waals surface area contributed by atoms with Gasteiger partial charge in [0.25, 0.3) is 5.91 Å². The average Bonchev–Trinajstić information content (AvgIpc) is 2.97. The number of pyridine rings is 1. The highest BCUT2D eigenvalue weighted by Crippen LogP contribution is 2.18. The maximum absolute atomic E-state index is 11.9. The van der Waals surface area contributed by atoms with Crippen molar-refractivity contribution in [1.82, 2.24) is 25.1 Å². The van der Waals surface area contributed by atoms with E-state index in [1.54, 1.807) is 18.5 Å². The van der Waals surface area contributed by atoms with Crippen molar-refractivity contribution < 1.29 is 4.79 Å². The van der Waals surface area contributed by atoms with Crippen LogP contribution in [0.25, 0.3) is 11.3 Å². The first kappa shape index (κ1) is 12.0. The zero-order chi connectivity index (χ0) is 13.8. The van der Waals surface area contributed by atoms with Crippen LogP contribution < -0.4 is 5.32 Å². The predicted octanol–water partition coefficient (Wildman–Crippen LogP) is 1.51. The second-order valence-electron chi connectivity index (χ2n) is 3.95. The standard InChI is InChI=1S/C13H10N6O/c20-13(11-8-15-5-6-16-11)17-12-7-10(18-19-12)9-1-3-14-4-2-9/h1-8H,(H2,17,18,19,20). The Labute approximate surface area is 114 Å². The van der Waals surface area contributed by atoms with Crippen LogP contribution in [0.2, 0.25) is 0 Å². The molecule has 0 aliphatic carbocycles. The Balaban J connectivity index is 1.77. The van der Waals surface area contributed by atoms with E-state index in [1.165, 1.54) is 18.6 Å². The highest BCUT2D eigenvalue weighted by atomic mass is 16.2. The molecule has 3 aromatic heterocycles. The van der Waals surface area contributed by atoms with Crippen LogP contribution in [0.15, 0.2) is 49.2 Å². The molecule has 0 aromatic carbocycles. The van der Waals surface area contributed by atoms with Gasteiger partial charge < -0.3 is 5.32 Å².